The predicted molar refractivity (Wildman–Crippen MR) is 78.3 cm³/mol. The van der Waals surface area contributed by atoms with Crippen molar-refractivity contribution in [2.45, 2.75) is 39.4 Å². The summed E-state index contributed by atoms with van der Waals surface area (Å²) in [4.78, 5) is 4.26. The third-order valence-corrected chi connectivity index (χ3v) is 3.74. The molecule has 0 atom stereocenters. The maximum absolute atomic E-state index is 13.1. The molecule has 0 aliphatic rings. The molecule has 21 heavy (non-hydrogen) atoms. The second-order valence-corrected chi connectivity index (χ2v) is 5.46. The molecule has 1 aromatic carbocycles. The summed E-state index contributed by atoms with van der Waals surface area (Å²) in [6.07, 6.45) is -4.68. The summed E-state index contributed by atoms with van der Waals surface area (Å²) in [6.45, 7) is 6.15. The van der Waals surface area contributed by atoms with Crippen LogP contribution in [-0.2, 0) is 12.7 Å². The number of imidazole rings is 1. The highest BCUT2D eigenvalue weighted by Crippen LogP contribution is 2.46. The summed E-state index contributed by atoms with van der Waals surface area (Å²) >= 11 is 5.81. The molecule has 1 aromatic heterocycles. The summed E-state index contributed by atoms with van der Waals surface area (Å²) in [5.41, 5.74) is 10.2. The third-order valence-electron chi connectivity index (χ3n) is 3.35. The van der Waals surface area contributed by atoms with Crippen LogP contribution >= 0.6 is 11.6 Å². The summed E-state index contributed by atoms with van der Waals surface area (Å²) in [7, 11) is 0. The van der Waals surface area contributed by atoms with Crippen LogP contribution in [0, 0.1) is 0 Å². The molecular weight excluding hydrogens is 305 g/mol. The molecule has 2 rings (SSSR count). The van der Waals surface area contributed by atoms with Crippen molar-refractivity contribution in [2.75, 3.05) is 11.5 Å². The first-order valence-corrected chi connectivity index (χ1v) is 6.82. The minimum absolute atomic E-state index is 0.0178. The molecule has 0 bridgehead atoms. The van der Waals surface area contributed by atoms with Crippen molar-refractivity contribution in [1.29, 1.82) is 0 Å². The molecule has 0 radical (unpaired) electrons. The van der Waals surface area contributed by atoms with Gasteiger partial charge in [0.15, 0.2) is 0 Å². The van der Waals surface area contributed by atoms with E-state index < -0.39 is 22.4 Å². The number of aromatic nitrogens is 2. The Balaban J connectivity index is 2.99. The molecule has 4 N–H and O–H groups in total. The van der Waals surface area contributed by atoms with Gasteiger partial charge in [-0.3, -0.25) is 0 Å². The molecule has 0 fully saturated rings. The molecular formula is C13H16ClF3N4. The van der Waals surface area contributed by atoms with Gasteiger partial charge in [0.1, 0.15) is 16.9 Å². The van der Waals surface area contributed by atoms with Crippen molar-refractivity contribution in [2.24, 2.45) is 0 Å². The van der Waals surface area contributed by atoms with E-state index in [0.29, 0.717) is 17.9 Å². The maximum Gasteiger partial charge on any atom is 0.419 e. The van der Waals surface area contributed by atoms with Gasteiger partial charge in [0.2, 0.25) is 0 Å². The smallest absolute Gasteiger partial charge is 0.396 e. The number of rotatable bonds is 2. The van der Waals surface area contributed by atoms with Gasteiger partial charge in [-0.25, -0.2) is 4.98 Å². The number of hydrogen-bond donors (Lipinski definition) is 2. The van der Waals surface area contributed by atoms with Crippen LogP contribution in [0.25, 0.3) is 11.0 Å². The molecule has 116 valence electrons. The van der Waals surface area contributed by atoms with E-state index in [0.717, 1.165) is 0 Å². The topological polar surface area (TPSA) is 69.9 Å². The summed E-state index contributed by atoms with van der Waals surface area (Å²) in [5, 5.41) is -0.572. The lowest BCUT2D eigenvalue weighted by Gasteiger charge is -2.15. The van der Waals surface area contributed by atoms with Crippen molar-refractivity contribution in [1.82, 2.24) is 9.55 Å². The standard InChI is InChI=1S/C13H16ClF3N4/c1-4-21-11-9(19)7(14)6(13(15,16)17)8(18)10(11)20-12(21)5(2)3/h5H,4,18-19H2,1-3H3. The van der Waals surface area contributed by atoms with Gasteiger partial charge in [0.05, 0.1) is 21.9 Å². The number of nitrogen functional groups attached to an aromatic ring is 2. The second-order valence-electron chi connectivity index (χ2n) is 5.08. The number of nitrogens with two attached hydrogens (primary N) is 2. The van der Waals surface area contributed by atoms with E-state index in [-0.39, 0.29) is 17.1 Å². The van der Waals surface area contributed by atoms with Gasteiger partial charge >= 0.3 is 6.18 Å². The number of hydrogen-bond acceptors (Lipinski definition) is 3. The molecule has 0 amide bonds. The Morgan fingerprint density at radius 1 is 1.24 bits per heavy atom. The minimum atomic E-state index is -4.68. The van der Waals surface area contributed by atoms with Crippen LogP contribution in [0.3, 0.4) is 0 Å². The molecule has 0 aliphatic heterocycles. The van der Waals surface area contributed by atoms with Crippen molar-refractivity contribution >= 4 is 34.0 Å². The van der Waals surface area contributed by atoms with Crippen molar-refractivity contribution in [3.63, 3.8) is 0 Å². The second kappa shape index (κ2) is 4.98. The van der Waals surface area contributed by atoms with Crippen LogP contribution in [0.2, 0.25) is 5.02 Å². The zero-order chi connectivity index (χ0) is 16.1. The fourth-order valence-corrected chi connectivity index (χ4v) is 2.74. The van der Waals surface area contributed by atoms with Crippen molar-refractivity contribution in [3.05, 3.63) is 16.4 Å². The number of nitrogens with zero attached hydrogens (tertiary/aromatic N) is 2. The van der Waals surface area contributed by atoms with Crippen LogP contribution in [0.5, 0.6) is 0 Å². The van der Waals surface area contributed by atoms with Crippen LogP contribution in [0.4, 0.5) is 24.5 Å². The van der Waals surface area contributed by atoms with Crippen molar-refractivity contribution in [3.8, 4) is 0 Å². The molecule has 0 saturated heterocycles. The molecule has 0 spiro atoms. The lowest BCUT2D eigenvalue weighted by molar-refractivity contribution is -0.136. The van der Waals surface area contributed by atoms with E-state index >= 15 is 0 Å². The SMILES string of the molecule is CCn1c(C(C)C)nc2c(N)c(C(F)(F)F)c(Cl)c(N)c21. The van der Waals surface area contributed by atoms with Crippen LogP contribution in [0.15, 0.2) is 0 Å². The lowest BCUT2D eigenvalue weighted by atomic mass is 10.1. The summed E-state index contributed by atoms with van der Waals surface area (Å²) in [6, 6.07) is 0. The quantitative estimate of drug-likeness (QED) is 0.821. The third kappa shape index (κ3) is 2.29. The Kier molecular flexibility index (Phi) is 3.73. The van der Waals surface area contributed by atoms with Crippen molar-refractivity contribution < 1.29 is 13.2 Å². The van der Waals surface area contributed by atoms with Crippen LogP contribution < -0.4 is 11.5 Å². The first kappa shape index (κ1) is 15.8. The maximum atomic E-state index is 13.1. The number of aryl methyl sites for hydroxylation is 1. The normalized spacial score (nSPS) is 12.6. The zero-order valence-electron chi connectivity index (χ0n) is 11.8. The highest BCUT2D eigenvalue weighted by Gasteiger charge is 2.39. The van der Waals surface area contributed by atoms with Gasteiger partial charge in [-0.2, -0.15) is 13.2 Å². The van der Waals surface area contributed by atoms with E-state index in [1.165, 1.54) is 0 Å². The van der Waals surface area contributed by atoms with E-state index in [1.807, 2.05) is 20.8 Å². The molecule has 0 unspecified atom stereocenters. The fraction of sp³-hybridized carbons (Fsp3) is 0.462. The Labute approximate surface area is 124 Å². The van der Waals surface area contributed by atoms with E-state index in [4.69, 9.17) is 23.1 Å². The Morgan fingerprint density at radius 2 is 1.81 bits per heavy atom. The zero-order valence-corrected chi connectivity index (χ0v) is 12.6. The largest absolute Gasteiger partial charge is 0.419 e. The summed E-state index contributed by atoms with van der Waals surface area (Å²) < 4.78 is 41.1. The van der Waals surface area contributed by atoms with Gasteiger partial charge in [-0.1, -0.05) is 25.4 Å². The Bertz CT molecular complexity index is 704. The average molecular weight is 321 g/mol. The highest BCUT2D eigenvalue weighted by molar-refractivity contribution is 6.36. The van der Waals surface area contributed by atoms with Crippen LogP contribution in [-0.4, -0.2) is 9.55 Å². The van der Waals surface area contributed by atoms with Gasteiger partial charge in [-0.05, 0) is 6.92 Å². The number of benzene rings is 1. The van der Waals surface area contributed by atoms with E-state index in [1.54, 1.807) is 4.57 Å². The Hall–Kier alpha value is -1.63. The van der Waals surface area contributed by atoms with E-state index in [9.17, 15) is 13.2 Å². The van der Waals surface area contributed by atoms with Crippen LogP contribution in [0.1, 0.15) is 38.1 Å². The Morgan fingerprint density at radius 3 is 2.24 bits per heavy atom. The summed E-state index contributed by atoms with van der Waals surface area (Å²) in [5.74, 6) is 0.644. The van der Waals surface area contributed by atoms with E-state index in [2.05, 4.69) is 4.98 Å². The van der Waals surface area contributed by atoms with Gasteiger partial charge in [-0.15, -0.1) is 0 Å². The fourth-order valence-electron chi connectivity index (χ4n) is 2.44. The number of halogens is 4. The average Bonchev–Trinajstić information content (AvgIpc) is 2.74. The number of anilines is 2. The monoisotopic (exact) mass is 320 g/mol. The molecule has 8 heteroatoms. The first-order chi connectivity index (χ1) is 9.61. The van der Waals surface area contributed by atoms with Gasteiger partial charge in [0.25, 0.3) is 0 Å². The van der Waals surface area contributed by atoms with Gasteiger partial charge in [0, 0.05) is 12.5 Å². The lowest BCUT2D eigenvalue weighted by Crippen LogP contribution is -2.12. The molecule has 1 heterocycles. The van der Waals surface area contributed by atoms with Gasteiger partial charge < -0.3 is 16.0 Å². The molecule has 2 aromatic rings. The number of fused-ring (bicyclic) bond motifs is 1. The molecule has 0 aliphatic carbocycles. The minimum Gasteiger partial charge on any atom is -0.396 e. The molecule has 4 nitrogen and oxygen atoms in total. The predicted octanol–water partition coefficient (Wildman–Crippen LogP) is 4.02. The first-order valence-electron chi connectivity index (χ1n) is 6.44. The number of alkyl halides is 3. The molecule has 0 saturated carbocycles. The highest BCUT2D eigenvalue weighted by atomic mass is 35.5.